The Kier molecular flexibility index (Phi) is 4.60. The third-order valence-electron chi connectivity index (χ3n) is 5.66. The van der Waals surface area contributed by atoms with Gasteiger partial charge in [0.2, 0.25) is 0 Å². The van der Waals surface area contributed by atoms with Crippen molar-refractivity contribution in [2.24, 2.45) is 5.92 Å². The van der Waals surface area contributed by atoms with E-state index in [0.717, 1.165) is 25.7 Å². The van der Waals surface area contributed by atoms with E-state index in [-0.39, 0.29) is 6.42 Å². The molecule has 2 atom stereocenters. The zero-order chi connectivity index (χ0) is 19.1. The number of hydrogen-bond acceptors (Lipinski definition) is 3. The van der Waals surface area contributed by atoms with Crippen molar-refractivity contribution in [2.45, 2.75) is 69.4 Å². The van der Waals surface area contributed by atoms with Crippen LogP contribution in [-0.4, -0.2) is 24.0 Å². The molecule has 0 aromatic heterocycles. The largest absolute Gasteiger partial charge is 0.448 e. The maximum absolute atomic E-state index is 13.2. The number of rotatable bonds is 2. The number of halogens is 3. The summed E-state index contributed by atoms with van der Waals surface area (Å²) in [4.78, 5) is 12.2. The number of hydrogen-bond donors (Lipinski definition) is 2. The van der Waals surface area contributed by atoms with E-state index >= 15 is 0 Å². The quantitative estimate of drug-likeness (QED) is 0.757. The van der Waals surface area contributed by atoms with Crippen LogP contribution in [0.15, 0.2) is 18.2 Å². The molecule has 8 heteroatoms. The van der Waals surface area contributed by atoms with Gasteiger partial charge in [-0.15, -0.1) is 0 Å². The number of urea groups is 1. The van der Waals surface area contributed by atoms with Crippen LogP contribution in [-0.2, 0) is 0 Å². The average Bonchev–Trinajstić information content (AvgIpc) is 3.20. The zero-order valence-electron chi connectivity index (χ0n) is 14.9. The Labute approximate surface area is 155 Å². The summed E-state index contributed by atoms with van der Waals surface area (Å²) in [6.07, 6.45) is 1.05. The lowest BCUT2D eigenvalue weighted by Gasteiger charge is -2.33. The lowest BCUT2D eigenvalue weighted by atomic mass is 9.84. The van der Waals surface area contributed by atoms with Gasteiger partial charge in [-0.05, 0) is 37.8 Å². The summed E-state index contributed by atoms with van der Waals surface area (Å²) in [5, 5.41) is 5.12. The maximum Gasteiger partial charge on any atom is 0.393 e. The first-order valence-corrected chi connectivity index (χ1v) is 9.51. The Hall–Kier alpha value is -2.12. The lowest BCUT2D eigenvalue weighted by molar-refractivity contribution is -0.187. The van der Waals surface area contributed by atoms with Gasteiger partial charge in [0.25, 0.3) is 5.79 Å². The molecule has 27 heavy (non-hydrogen) atoms. The van der Waals surface area contributed by atoms with Gasteiger partial charge in [0, 0.05) is 30.6 Å². The van der Waals surface area contributed by atoms with Crippen molar-refractivity contribution in [3.05, 3.63) is 18.2 Å². The fourth-order valence-electron chi connectivity index (χ4n) is 4.32. The van der Waals surface area contributed by atoms with Crippen LogP contribution in [0.4, 0.5) is 23.7 Å². The SMILES string of the molecule is O=C(Nc1ccc2c(c1)OC1(CCCC1)O2)N[C@@H]1CCCC[C@@H]1C(F)(F)F. The van der Waals surface area contributed by atoms with Crippen LogP contribution < -0.4 is 20.1 Å². The molecule has 2 amide bonds. The summed E-state index contributed by atoms with van der Waals surface area (Å²) in [5.41, 5.74) is 0.462. The molecule has 1 aromatic rings. The van der Waals surface area contributed by atoms with Gasteiger partial charge in [-0.2, -0.15) is 13.2 Å². The van der Waals surface area contributed by atoms with Crippen LogP contribution in [0.5, 0.6) is 11.5 Å². The molecule has 2 saturated carbocycles. The molecule has 1 aliphatic heterocycles. The fraction of sp³-hybridized carbons (Fsp3) is 0.632. The van der Waals surface area contributed by atoms with Crippen LogP contribution in [0.1, 0.15) is 51.4 Å². The molecule has 2 aliphatic carbocycles. The van der Waals surface area contributed by atoms with Gasteiger partial charge in [-0.1, -0.05) is 12.8 Å². The number of carbonyl (C=O) groups is 1. The minimum Gasteiger partial charge on any atom is -0.448 e. The second-order valence-electron chi connectivity index (χ2n) is 7.62. The number of nitrogens with one attached hydrogen (secondary N) is 2. The number of alkyl halides is 3. The van der Waals surface area contributed by atoms with E-state index < -0.39 is 30.0 Å². The Morgan fingerprint density at radius 3 is 2.48 bits per heavy atom. The smallest absolute Gasteiger partial charge is 0.393 e. The number of ether oxygens (including phenoxy) is 2. The van der Waals surface area contributed by atoms with Crippen molar-refractivity contribution in [3.63, 3.8) is 0 Å². The normalized spacial score (nSPS) is 26.2. The standard InChI is InChI=1S/C19H23F3N2O3/c20-19(21,22)13-5-1-2-6-14(13)24-17(25)23-12-7-8-15-16(11-12)27-18(26-15)9-3-4-10-18/h7-8,11,13-14H,1-6,9-10H2,(H2,23,24,25)/t13-,14+/m0/s1. The first-order valence-electron chi connectivity index (χ1n) is 9.51. The molecular formula is C19H23F3N2O3. The highest BCUT2D eigenvalue weighted by Gasteiger charge is 2.46. The minimum atomic E-state index is -4.30. The second-order valence-corrected chi connectivity index (χ2v) is 7.62. The number of amides is 2. The van der Waals surface area contributed by atoms with Gasteiger partial charge in [-0.3, -0.25) is 0 Å². The van der Waals surface area contributed by atoms with E-state index in [4.69, 9.17) is 9.47 Å². The molecule has 2 N–H and O–H groups in total. The molecule has 0 unspecified atom stereocenters. The van der Waals surface area contributed by atoms with Crippen LogP contribution in [0.2, 0.25) is 0 Å². The van der Waals surface area contributed by atoms with Gasteiger partial charge in [0.15, 0.2) is 11.5 Å². The number of fused-ring (bicyclic) bond motifs is 1. The third kappa shape index (κ3) is 3.80. The van der Waals surface area contributed by atoms with E-state index in [1.165, 1.54) is 0 Å². The van der Waals surface area contributed by atoms with Gasteiger partial charge in [-0.25, -0.2) is 4.79 Å². The second kappa shape index (κ2) is 6.80. The molecule has 1 spiro atoms. The maximum atomic E-state index is 13.2. The molecule has 3 aliphatic rings. The summed E-state index contributed by atoms with van der Waals surface area (Å²) in [5.74, 6) is -0.894. The number of anilines is 1. The van der Waals surface area contributed by atoms with Crippen molar-refractivity contribution in [1.29, 1.82) is 0 Å². The third-order valence-corrected chi connectivity index (χ3v) is 5.66. The summed E-state index contributed by atoms with van der Waals surface area (Å²) in [6.45, 7) is 0. The molecule has 4 rings (SSSR count). The Morgan fingerprint density at radius 1 is 1.04 bits per heavy atom. The van der Waals surface area contributed by atoms with Gasteiger partial charge in [0.1, 0.15) is 0 Å². The minimum absolute atomic E-state index is 0.0561. The first kappa shape index (κ1) is 18.3. The molecule has 0 bridgehead atoms. The van der Waals surface area contributed by atoms with E-state index in [9.17, 15) is 18.0 Å². The Balaban J connectivity index is 1.39. The number of carbonyl (C=O) groups excluding carboxylic acids is 1. The molecular weight excluding hydrogens is 361 g/mol. The topological polar surface area (TPSA) is 59.6 Å². The molecule has 148 valence electrons. The predicted octanol–water partition coefficient (Wildman–Crippen LogP) is 4.97. The van der Waals surface area contributed by atoms with Gasteiger partial charge >= 0.3 is 12.2 Å². The van der Waals surface area contributed by atoms with Crippen molar-refractivity contribution < 1.29 is 27.4 Å². The first-order chi connectivity index (χ1) is 12.8. The van der Waals surface area contributed by atoms with Crippen LogP contribution in [0.3, 0.4) is 0 Å². The highest BCUT2D eigenvalue weighted by Crippen LogP contribution is 2.47. The molecule has 1 aromatic carbocycles. The van der Waals surface area contributed by atoms with Crippen LogP contribution in [0, 0.1) is 5.92 Å². The summed E-state index contributed by atoms with van der Waals surface area (Å²) < 4.78 is 51.3. The molecule has 1 heterocycles. The molecule has 5 nitrogen and oxygen atoms in total. The monoisotopic (exact) mass is 384 g/mol. The molecule has 0 saturated heterocycles. The van der Waals surface area contributed by atoms with Gasteiger partial charge in [0.05, 0.1) is 5.92 Å². The number of benzene rings is 1. The van der Waals surface area contributed by atoms with E-state index in [1.54, 1.807) is 18.2 Å². The average molecular weight is 384 g/mol. The lowest BCUT2D eigenvalue weighted by Crippen LogP contribution is -2.48. The van der Waals surface area contributed by atoms with Gasteiger partial charge < -0.3 is 20.1 Å². The fourth-order valence-corrected chi connectivity index (χ4v) is 4.32. The van der Waals surface area contributed by atoms with E-state index in [2.05, 4.69) is 10.6 Å². The van der Waals surface area contributed by atoms with Crippen LogP contribution >= 0.6 is 0 Å². The highest BCUT2D eigenvalue weighted by molar-refractivity contribution is 5.90. The Bertz CT molecular complexity index is 717. The van der Waals surface area contributed by atoms with Crippen molar-refractivity contribution >= 4 is 11.7 Å². The summed E-state index contributed by atoms with van der Waals surface area (Å²) in [6, 6.07) is 3.51. The predicted molar refractivity (Wildman–Crippen MR) is 92.9 cm³/mol. The molecule has 2 fully saturated rings. The Morgan fingerprint density at radius 2 is 1.74 bits per heavy atom. The van der Waals surface area contributed by atoms with Crippen molar-refractivity contribution in [3.8, 4) is 11.5 Å². The van der Waals surface area contributed by atoms with Crippen LogP contribution in [0.25, 0.3) is 0 Å². The zero-order valence-corrected chi connectivity index (χ0v) is 14.9. The summed E-state index contributed by atoms with van der Waals surface area (Å²) in [7, 11) is 0. The van der Waals surface area contributed by atoms with E-state index in [0.29, 0.717) is 36.4 Å². The van der Waals surface area contributed by atoms with E-state index in [1.807, 2.05) is 0 Å². The molecule has 0 radical (unpaired) electrons. The highest BCUT2D eigenvalue weighted by atomic mass is 19.4. The van der Waals surface area contributed by atoms with Crippen molar-refractivity contribution in [2.75, 3.05) is 5.32 Å². The summed E-state index contributed by atoms with van der Waals surface area (Å²) >= 11 is 0. The van der Waals surface area contributed by atoms with Crippen molar-refractivity contribution in [1.82, 2.24) is 5.32 Å².